The van der Waals surface area contributed by atoms with Crippen LogP contribution in [0.3, 0.4) is 0 Å². The molecule has 0 spiro atoms. The number of hydrogen-bond donors (Lipinski definition) is 1. The number of benzene rings is 2. The van der Waals surface area contributed by atoms with Gasteiger partial charge in [0, 0.05) is 56.1 Å². The maximum atomic E-state index is 14.1. The lowest BCUT2D eigenvalue weighted by Crippen LogP contribution is -2.45. The van der Waals surface area contributed by atoms with Gasteiger partial charge in [-0.2, -0.15) is 4.31 Å². The van der Waals surface area contributed by atoms with Crippen molar-refractivity contribution in [2.45, 2.75) is 17.9 Å². The fourth-order valence-corrected chi connectivity index (χ4v) is 5.75. The lowest BCUT2D eigenvalue weighted by atomic mass is 10.0. The van der Waals surface area contributed by atoms with Crippen molar-refractivity contribution < 1.29 is 22.3 Å². The standard InChI is InChI=1S/C24H31FN4O4S/c1-18(22-17-20(25)6-7-23(22)28-10-8-27(2)9-11-28)26-24(30)19-4-3-5-21(16-19)34(31,32)29-12-14-33-15-13-29/h3-7,16-18H,8-15H2,1-2H3,(H,26,30). The van der Waals surface area contributed by atoms with E-state index in [1.807, 2.05) is 0 Å². The Morgan fingerprint density at radius 3 is 2.44 bits per heavy atom. The average Bonchev–Trinajstić information content (AvgIpc) is 2.85. The van der Waals surface area contributed by atoms with E-state index in [2.05, 4.69) is 22.2 Å². The van der Waals surface area contributed by atoms with Gasteiger partial charge in [0.2, 0.25) is 10.0 Å². The van der Waals surface area contributed by atoms with Crippen LogP contribution in [0, 0.1) is 5.82 Å². The number of piperazine rings is 1. The zero-order valence-corrected chi connectivity index (χ0v) is 20.4. The largest absolute Gasteiger partial charge is 0.379 e. The zero-order valence-electron chi connectivity index (χ0n) is 19.5. The van der Waals surface area contributed by atoms with E-state index in [-0.39, 0.29) is 29.4 Å². The Balaban J connectivity index is 1.52. The summed E-state index contributed by atoms with van der Waals surface area (Å²) in [6.45, 7) is 6.51. The van der Waals surface area contributed by atoms with Crippen molar-refractivity contribution in [2.24, 2.45) is 0 Å². The third kappa shape index (κ3) is 5.41. The van der Waals surface area contributed by atoms with Crippen LogP contribution in [0.15, 0.2) is 47.4 Å². The van der Waals surface area contributed by atoms with E-state index in [9.17, 15) is 17.6 Å². The Labute approximate surface area is 200 Å². The Bertz CT molecular complexity index is 1130. The van der Waals surface area contributed by atoms with Crippen LogP contribution in [-0.4, -0.2) is 83.1 Å². The summed E-state index contributed by atoms with van der Waals surface area (Å²) in [4.78, 5) is 17.6. The predicted octanol–water partition coefficient (Wildman–Crippen LogP) is 2.09. The summed E-state index contributed by atoms with van der Waals surface area (Å²) < 4.78 is 46.7. The molecule has 2 aliphatic rings. The van der Waals surface area contributed by atoms with Gasteiger partial charge in [-0.15, -0.1) is 0 Å². The first-order chi connectivity index (χ1) is 16.3. The molecule has 0 aromatic heterocycles. The lowest BCUT2D eigenvalue weighted by molar-refractivity contribution is 0.0730. The third-order valence-electron chi connectivity index (χ3n) is 6.35. The minimum atomic E-state index is -3.72. The molecular formula is C24H31FN4O4S. The highest BCUT2D eigenvalue weighted by atomic mass is 32.2. The van der Waals surface area contributed by atoms with Crippen molar-refractivity contribution in [3.05, 3.63) is 59.4 Å². The van der Waals surface area contributed by atoms with E-state index in [1.54, 1.807) is 25.1 Å². The van der Waals surface area contributed by atoms with Gasteiger partial charge in [-0.1, -0.05) is 6.07 Å². The van der Waals surface area contributed by atoms with Crippen molar-refractivity contribution in [1.29, 1.82) is 0 Å². The van der Waals surface area contributed by atoms with Crippen LogP contribution >= 0.6 is 0 Å². The number of carbonyl (C=O) groups is 1. The van der Waals surface area contributed by atoms with Crippen molar-refractivity contribution >= 4 is 21.6 Å². The second-order valence-electron chi connectivity index (χ2n) is 8.73. The van der Waals surface area contributed by atoms with Crippen molar-refractivity contribution in [3.63, 3.8) is 0 Å². The third-order valence-corrected chi connectivity index (χ3v) is 8.25. The molecule has 1 N–H and O–H groups in total. The lowest BCUT2D eigenvalue weighted by Gasteiger charge is -2.36. The molecule has 10 heteroatoms. The van der Waals surface area contributed by atoms with Crippen LogP contribution in [0.1, 0.15) is 28.9 Å². The second-order valence-corrected chi connectivity index (χ2v) is 10.7. The smallest absolute Gasteiger partial charge is 0.251 e. The Morgan fingerprint density at radius 1 is 1.03 bits per heavy atom. The van der Waals surface area contributed by atoms with Crippen LogP contribution in [0.25, 0.3) is 0 Å². The number of likely N-dealkylation sites (N-methyl/N-ethyl adjacent to an activating group) is 1. The monoisotopic (exact) mass is 490 g/mol. The maximum absolute atomic E-state index is 14.1. The van der Waals surface area contributed by atoms with Crippen LogP contribution in [-0.2, 0) is 14.8 Å². The van der Waals surface area contributed by atoms with Gasteiger partial charge in [0.15, 0.2) is 0 Å². The van der Waals surface area contributed by atoms with Gasteiger partial charge < -0.3 is 19.9 Å². The average molecular weight is 491 g/mol. The number of anilines is 1. The SMILES string of the molecule is CC(NC(=O)c1cccc(S(=O)(=O)N2CCOCC2)c1)c1cc(F)ccc1N1CCN(C)CC1. The molecule has 184 valence electrons. The van der Waals surface area contributed by atoms with Crippen LogP contribution in [0.2, 0.25) is 0 Å². The van der Waals surface area contributed by atoms with E-state index < -0.39 is 22.0 Å². The maximum Gasteiger partial charge on any atom is 0.251 e. The summed E-state index contributed by atoms with van der Waals surface area (Å²) in [6, 6.07) is 10.2. The van der Waals surface area contributed by atoms with E-state index in [0.29, 0.717) is 18.8 Å². The number of hydrogen-bond acceptors (Lipinski definition) is 6. The predicted molar refractivity (Wildman–Crippen MR) is 128 cm³/mol. The van der Waals surface area contributed by atoms with Gasteiger partial charge in [-0.05, 0) is 50.4 Å². The van der Waals surface area contributed by atoms with E-state index in [4.69, 9.17) is 4.74 Å². The van der Waals surface area contributed by atoms with Gasteiger partial charge >= 0.3 is 0 Å². The summed E-state index contributed by atoms with van der Waals surface area (Å²) in [5.74, 6) is -0.785. The minimum Gasteiger partial charge on any atom is -0.379 e. The second kappa shape index (κ2) is 10.4. The minimum absolute atomic E-state index is 0.0681. The first kappa shape index (κ1) is 24.6. The fraction of sp³-hybridized carbons (Fsp3) is 0.458. The summed E-state index contributed by atoms with van der Waals surface area (Å²) in [6.07, 6.45) is 0. The normalized spacial score (nSPS) is 19.1. The van der Waals surface area contributed by atoms with Crippen molar-refractivity contribution in [1.82, 2.24) is 14.5 Å². The number of halogens is 1. The number of nitrogens with zero attached hydrogens (tertiary/aromatic N) is 3. The highest BCUT2D eigenvalue weighted by molar-refractivity contribution is 7.89. The van der Waals surface area contributed by atoms with Crippen LogP contribution in [0.5, 0.6) is 0 Å². The van der Waals surface area contributed by atoms with Gasteiger partial charge in [-0.3, -0.25) is 4.79 Å². The molecule has 1 unspecified atom stereocenters. The molecule has 2 aromatic rings. The Kier molecular flexibility index (Phi) is 7.51. The quantitative estimate of drug-likeness (QED) is 0.668. The number of rotatable bonds is 6. The fourth-order valence-electron chi connectivity index (χ4n) is 4.30. The molecule has 8 nitrogen and oxygen atoms in total. The van der Waals surface area contributed by atoms with Crippen molar-refractivity contribution in [3.8, 4) is 0 Å². The van der Waals surface area contributed by atoms with E-state index >= 15 is 0 Å². The number of ether oxygens (including phenoxy) is 1. The summed E-state index contributed by atoms with van der Waals surface area (Å²) in [5.41, 5.74) is 1.82. The number of carbonyl (C=O) groups excluding carboxylic acids is 1. The first-order valence-electron chi connectivity index (χ1n) is 11.5. The molecule has 0 aliphatic carbocycles. The van der Waals surface area contributed by atoms with Gasteiger partial charge in [0.05, 0.1) is 24.2 Å². The molecule has 2 fully saturated rings. The zero-order chi connectivity index (χ0) is 24.3. The molecule has 0 saturated carbocycles. The molecule has 2 aromatic carbocycles. The van der Waals surface area contributed by atoms with Gasteiger partial charge in [0.25, 0.3) is 5.91 Å². The summed E-state index contributed by atoms with van der Waals surface area (Å²) in [7, 11) is -1.65. The Morgan fingerprint density at radius 2 is 1.74 bits per heavy atom. The molecular weight excluding hydrogens is 459 g/mol. The van der Waals surface area contributed by atoms with Crippen LogP contribution in [0.4, 0.5) is 10.1 Å². The molecule has 2 aliphatic heterocycles. The topological polar surface area (TPSA) is 82.2 Å². The molecule has 4 rings (SSSR count). The van der Waals surface area contributed by atoms with Gasteiger partial charge in [0.1, 0.15) is 5.82 Å². The summed E-state index contributed by atoms with van der Waals surface area (Å²) in [5, 5.41) is 2.92. The number of morpholine rings is 1. The summed E-state index contributed by atoms with van der Waals surface area (Å²) >= 11 is 0. The molecule has 34 heavy (non-hydrogen) atoms. The van der Waals surface area contributed by atoms with Crippen molar-refractivity contribution in [2.75, 3.05) is 64.4 Å². The van der Waals surface area contributed by atoms with E-state index in [0.717, 1.165) is 31.9 Å². The number of amides is 1. The highest BCUT2D eigenvalue weighted by Crippen LogP contribution is 2.29. The molecule has 2 heterocycles. The number of nitrogens with one attached hydrogen (secondary N) is 1. The van der Waals surface area contributed by atoms with Gasteiger partial charge in [-0.25, -0.2) is 12.8 Å². The molecule has 2 saturated heterocycles. The highest BCUT2D eigenvalue weighted by Gasteiger charge is 2.27. The molecule has 1 atom stereocenters. The Hall–Kier alpha value is -2.53. The number of sulfonamides is 1. The van der Waals surface area contributed by atoms with Crippen LogP contribution < -0.4 is 10.2 Å². The first-order valence-corrected chi connectivity index (χ1v) is 12.9. The molecule has 0 bridgehead atoms. The van der Waals surface area contributed by atoms with E-state index in [1.165, 1.54) is 28.6 Å². The molecule has 1 amide bonds. The molecule has 0 radical (unpaired) electrons.